The van der Waals surface area contributed by atoms with E-state index in [0.717, 1.165) is 0 Å². The minimum atomic E-state index is -1.15. The van der Waals surface area contributed by atoms with Gasteiger partial charge in [0.2, 0.25) is 5.13 Å². The van der Waals surface area contributed by atoms with Crippen molar-refractivity contribution in [2.24, 2.45) is 0 Å². The smallest absolute Gasteiger partial charge is 0.358 e. The highest BCUT2D eigenvalue weighted by atomic mass is 32.1. The second-order valence-corrected chi connectivity index (χ2v) is 4.89. The van der Waals surface area contributed by atoms with E-state index >= 15 is 0 Å². The number of ether oxygens (including phenoxy) is 1. The van der Waals surface area contributed by atoms with Gasteiger partial charge in [-0.05, 0) is 12.1 Å². The van der Waals surface area contributed by atoms with Crippen molar-refractivity contribution in [2.75, 3.05) is 0 Å². The summed E-state index contributed by atoms with van der Waals surface area (Å²) in [4.78, 5) is 15.3. The molecule has 0 aliphatic carbocycles. The van der Waals surface area contributed by atoms with Gasteiger partial charge in [-0.1, -0.05) is 23.4 Å². The molecule has 0 radical (unpaired) electrons. The summed E-state index contributed by atoms with van der Waals surface area (Å²) < 4.78 is 6.98. The number of aromatic carboxylic acids is 1. The number of benzene rings is 1. The maximum absolute atomic E-state index is 11.2. The molecule has 0 fully saturated rings. The molecular weight excluding hydrogens is 292 g/mol. The monoisotopic (exact) mass is 302 g/mol. The zero-order valence-corrected chi connectivity index (χ0v) is 11.5. The average Bonchev–Trinajstić information content (AvgIpc) is 3.15. The molecule has 3 rings (SSSR count). The minimum absolute atomic E-state index is 0.0399. The molecular formula is C13H10N4O3S. The number of carboxylic acids is 1. The van der Waals surface area contributed by atoms with Gasteiger partial charge in [0.1, 0.15) is 18.1 Å². The fourth-order valence-corrected chi connectivity index (χ4v) is 2.35. The highest BCUT2D eigenvalue weighted by molar-refractivity contribution is 7.12. The number of thiazole rings is 1. The van der Waals surface area contributed by atoms with E-state index in [1.54, 1.807) is 23.7 Å². The third-order valence-corrected chi connectivity index (χ3v) is 3.43. The lowest BCUT2D eigenvalue weighted by molar-refractivity contribution is 0.0687. The van der Waals surface area contributed by atoms with E-state index in [0.29, 0.717) is 16.6 Å². The van der Waals surface area contributed by atoms with Crippen molar-refractivity contribution in [1.29, 1.82) is 0 Å². The number of carbonyl (C=O) groups is 1. The highest BCUT2D eigenvalue weighted by Gasteiger charge is 2.21. The molecule has 0 amide bonds. The normalized spacial score (nSPS) is 10.5. The Hall–Kier alpha value is -2.74. The van der Waals surface area contributed by atoms with Crippen molar-refractivity contribution in [1.82, 2.24) is 20.0 Å². The Kier molecular flexibility index (Phi) is 3.61. The fraction of sp³-hybridized carbons (Fsp3) is 0.0769. The van der Waals surface area contributed by atoms with Crippen LogP contribution >= 0.6 is 11.3 Å². The lowest BCUT2D eigenvalue weighted by atomic mass is 10.3. The summed E-state index contributed by atoms with van der Waals surface area (Å²) in [6.45, 7) is 0.0399. The number of aromatic nitrogens is 4. The van der Waals surface area contributed by atoms with Crippen LogP contribution in [0.5, 0.6) is 5.75 Å². The maximum Gasteiger partial charge on any atom is 0.358 e. The molecule has 106 valence electrons. The van der Waals surface area contributed by atoms with Crippen LogP contribution in [-0.4, -0.2) is 31.1 Å². The van der Waals surface area contributed by atoms with Crippen molar-refractivity contribution >= 4 is 17.3 Å². The fourth-order valence-electron chi connectivity index (χ4n) is 1.74. The van der Waals surface area contributed by atoms with Gasteiger partial charge in [0.15, 0.2) is 5.69 Å². The van der Waals surface area contributed by atoms with Gasteiger partial charge in [-0.2, -0.15) is 4.68 Å². The van der Waals surface area contributed by atoms with E-state index in [9.17, 15) is 9.90 Å². The lowest BCUT2D eigenvalue weighted by Gasteiger charge is -2.07. The molecule has 1 N–H and O–H groups in total. The average molecular weight is 302 g/mol. The zero-order chi connectivity index (χ0) is 14.7. The molecule has 0 aliphatic heterocycles. The van der Waals surface area contributed by atoms with Crippen LogP contribution in [0.15, 0.2) is 41.9 Å². The molecule has 0 atom stereocenters. The molecule has 7 nitrogen and oxygen atoms in total. The number of rotatable bonds is 5. The summed E-state index contributed by atoms with van der Waals surface area (Å²) in [6.07, 6.45) is 1.62. The Morgan fingerprint density at radius 3 is 2.81 bits per heavy atom. The first-order valence-corrected chi connectivity index (χ1v) is 6.89. The topological polar surface area (TPSA) is 90.1 Å². The highest BCUT2D eigenvalue weighted by Crippen LogP contribution is 2.18. The predicted molar refractivity (Wildman–Crippen MR) is 74.8 cm³/mol. The van der Waals surface area contributed by atoms with Gasteiger partial charge in [0.05, 0.1) is 0 Å². The summed E-state index contributed by atoms with van der Waals surface area (Å²) in [7, 11) is 0. The lowest BCUT2D eigenvalue weighted by Crippen LogP contribution is -2.10. The van der Waals surface area contributed by atoms with Gasteiger partial charge < -0.3 is 9.84 Å². The van der Waals surface area contributed by atoms with Crippen molar-refractivity contribution < 1.29 is 14.6 Å². The van der Waals surface area contributed by atoms with Gasteiger partial charge in [-0.15, -0.1) is 16.4 Å². The number of nitrogens with zero attached hydrogens (tertiary/aromatic N) is 4. The Balaban J connectivity index is 1.92. The first-order valence-electron chi connectivity index (χ1n) is 6.01. The van der Waals surface area contributed by atoms with Gasteiger partial charge in [0, 0.05) is 11.6 Å². The zero-order valence-electron chi connectivity index (χ0n) is 10.7. The molecule has 3 aromatic rings. The first kappa shape index (κ1) is 13.3. The van der Waals surface area contributed by atoms with E-state index in [1.165, 1.54) is 16.0 Å². The molecule has 21 heavy (non-hydrogen) atoms. The summed E-state index contributed by atoms with van der Waals surface area (Å²) in [5.74, 6) is -0.509. The van der Waals surface area contributed by atoms with Crippen molar-refractivity contribution in [3.63, 3.8) is 0 Å². The number of hydrogen-bond acceptors (Lipinski definition) is 6. The Labute approximate surface area is 123 Å². The van der Waals surface area contributed by atoms with Crippen LogP contribution in [0.3, 0.4) is 0 Å². The molecule has 0 unspecified atom stereocenters. The van der Waals surface area contributed by atoms with E-state index in [-0.39, 0.29) is 12.3 Å². The maximum atomic E-state index is 11.2. The van der Waals surface area contributed by atoms with Crippen molar-refractivity contribution in [3.05, 3.63) is 53.3 Å². The molecule has 0 saturated carbocycles. The second kappa shape index (κ2) is 5.71. The molecule has 1 aromatic carbocycles. The van der Waals surface area contributed by atoms with Crippen LogP contribution in [0.25, 0.3) is 5.13 Å². The van der Waals surface area contributed by atoms with E-state index in [1.807, 2.05) is 18.2 Å². The second-order valence-electron chi connectivity index (χ2n) is 4.02. The van der Waals surface area contributed by atoms with Crippen LogP contribution in [0.1, 0.15) is 16.2 Å². The number of hydrogen-bond donors (Lipinski definition) is 1. The molecule has 2 heterocycles. The molecule has 0 bridgehead atoms. The minimum Gasteiger partial charge on any atom is -0.487 e. The van der Waals surface area contributed by atoms with Crippen LogP contribution < -0.4 is 4.74 Å². The van der Waals surface area contributed by atoms with Gasteiger partial charge in [0.25, 0.3) is 0 Å². The van der Waals surface area contributed by atoms with Gasteiger partial charge >= 0.3 is 5.97 Å². The number of para-hydroxylation sites is 1. The van der Waals surface area contributed by atoms with E-state index in [4.69, 9.17) is 4.74 Å². The summed E-state index contributed by atoms with van der Waals surface area (Å²) in [5, 5.41) is 19.0. The van der Waals surface area contributed by atoms with Crippen molar-refractivity contribution in [3.8, 4) is 10.9 Å². The molecule has 0 saturated heterocycles. The van der Waals surface area contributed by atoms with Gasteiger partial charge in [-0.25, -0.2) is 9.78 Å². The third kappa shape index (κ3) is 2.75. The Bertz CT molecular complexity index is 740. The standard InChI is InChI=1S/C13H10N4O3S/c18-12(19)11-10(8-20-9-4-2-1-3-5-9)17(16-15-11)13-14-6-7-21-13/h1-7H,8H2,(H,18,19). The molecule has 2 aromatic heterocycles. The Morgan fingerprint density at radius 1 is 1.33 bits per heavy atom. The SMILES string of the molecule is O=C(O)c1nnn(-c2nccs2)c1COc1ccccc1. The van der Waals surface area contributed by atoms with Crippen LogP contribution in [0.2, 0.25) is 0 Å². The molecule has 8 heteroatoms. The molecule has 0 spiro atoms. The Morgan fingerprint density at radius 2 is 2.14 bits per heavy atom. The first-order chi connectivity index (χ1) is 10.3. The van der Waals surface area contributed by atoms with E-state index < -0.39 is 5.97 Å². The third-order valence-electron chi connectivity index (χ3n) is 2.68. The van der Waals surface area contributed by atoms with Crippen LogP contribution in [0, 0.1) is 0 Å². The van der Waals surface area contributed by atoms with E-state index in [2.05, 4.69) is 15.3 Å². The summed E-state index contributed by atoms with van der Waals surface area (Å²) in [6, 6.07) is 9.13. The van der Waals surface area contributed by atoms with Gasteiger partial charge in [-0.3, -0.25) is 0 Å². The predicted octanol–water partition coefficient (Wildman–Crippen LogP) is 2.00. The largest absolute Gasteiger partial charge is 0.487 e. The summed E-state index contributed by atoms with van der Waals surface area (Å²) in [5.41, 5.74) is 0.211. The molecule has 0 aliphatic rings. The number of carboxylic acid groups (broad SMARTS) is 1. The summed E-state index contributed by atoms with van der Waals surface area (Å²) >= 11 is 1.34. The van der Waals surface area contributed by atoms with Crippen LogP contribution in [0.4, 0.5) is 0 Å². The van der Waals surface area contributed by atoms with Crippen molar-refractivity contribution in [2.45, 2.75) is 6.61 Å². The van der Waals surface area contributed by atoms with Crippen LogP contribution in [-0.2, 0) is 6.61 Å². The quantitative estimate of drug-likeness (QED) is 0.775.